The third-order valence-electron chi connectivity index (χ3n) is 4.73. The lowest BCUT2D eigenvalue weighted by atomic mass is 10.0. The van der Waals surface area contributed by atoms with Crippen LogP contribution in [-0.2, 0) is 0 Å². The molecule has 2 fully saturated rings. The molecule has 21 heavy (non-hydrogen) atoms. The summed E-state index contributed by atoms with van der Waals surface area (Å²) >= 11 is 0. The Kier molecular flexibility index (Phi) is 4.94. The minimum atomic E-state index is 0.484. The molecule has 0 radical (unpaired) electrons. The number of piperazine rings is 1. The summed E-state index contributed by atoms with van der Waals surface area (Å²) in [6, 6.07) is 9.74. The highest BCUT2D eigenvalue weighted by Crippen LogP contribution is 2.28. The van der Waals surface area contributed by atoms with E-state index < -0.39 is 0 Å². The Hall–Kier alpha value is -1.32. The van der Waals surface area contributed by atoms with Crippen molar-refractivity contribution in [2.75, 3.05) is 44.2 Å². The van der Waals surface area contributed by atoms with Crippen LogP contribution in [0.2, 0.25) is 0 Å². The maximum atomic E-state index is 3.95. The average molecular weight is 285 g/mol. The first-order chi connectivity index (χ1) is 10.4. The Labute approximate surface area is 128 Å². The van der Waals surface area contributed by atoms with Crippen LogP contribution >= 0.6 is 0 Å². The van der Waals surface area contributed by atoms with Crippen molar-refractivity contribution in [1.29, 1.82) is 0 Å². The second kappa shape index (κ2) is 7.10. The molecule has 1 atom stereocenters. The number of anilines is 1. The maximum absolute atomic E-state index is 3.95. The molecule has 3 nitrogen and oxygen atoms in total. The topological polar surface area (TPSA) is 18.5 Å². The van der Waals surface area contributed by atoms with Gasteiger partial charge in [-0.05, 0) is 37.0 Å². The molecule has 0 bridgehead atoms. The molecular formula is C18H27N3. The number of nitrogens with zero attached hydrogens (tertiary/aromatic N) is 2. The van der Waals surface area contributed by atoms with Crippen molar-refractivity contribution in [2.24, 2.45) is 0 Å². The van der Waals surface area contributed by atoms with Crippen molar-refractivity contribution in [3.63, 3.8) is 0 Å². The van der Waals surface area contributed by atoms with Gasteiger partial charge in [-0.1, -0.05) is 18.2 Å². The van der Waals surface area contributed by atoms with Gasteiger partial charge in [-0.15, -0.1) is 6.58 Å². The van der Waals surface area contributed by atoms with Crippen LogP contribution in [0.5, 0.6) is 0 Å². The van der Waals surface area contributed by atoms with Gasteiger partial charge in [0, 0.05) is 51.0 Å². The lowest BCUT2D eigenvalue weighted by Crippen LogP contribution is -2.45. The molecule has 1 aromatic carbocycles. The number of benzene rings is 1. The molecule has 0 amide bonds. The van der Waals surface area contributed by atoms with Crippen LogP contribution < -0.4 is 10.2 Å². The Morgan fingerprint density at radius 1 is 1.05 bits per heavy atom. The molecule has 0 saturated carbocycles. The first kappa shape index (κ1) is 14.6. The number of hydrogen-bond acceptors (Lipinski definition) is 3. The maximum Gasteiger partial charge on any atom is 0.0383 e. The SMILES string of the molecule is C=CC[C@@H](c1ccc(N2CCCC2)cc1)N1CCNCC1. The predicted molar refractivity (Wildman–Crippen MR) is 89.9 cm³/mol. The number of hydrogen-bond donors (Lipinski definition) is 1. The minimum Gasteiger partial charge on any atom is -0.372 e. The lowest BCUT2D eigenvalue weighted by molar-refractivity contribution is 0.174. The van der Waals surface area contributed by atoms with Crippen LogP contribution in [0.25, 0.3) is 0 Å². The third-order valence-corrected chi connectivity index (χ3v) is 4.73. The molecule has 114 valence electrons. The summed E-state index contributed by atoms with van der Waals surface area (Å²) in [5.74, 6) is 0. The van der Waals surface area contributed by atoms with Gasteiger partial charge in [-0.3, -0.25) is 4.90 Å². The minimum absolute atomic E-state index is 0.484. The van der Waals surface area contributed by atoms with E-state index in [1.165, 1.54) is 37.2 Å². The summed E-state index contributed by atoms with van der Waals surface area (Å²) in [6.07, 6.45) is 5.76. The number of rotatable bonds is 5. The van der Waals surface area contributed by atoms with Crippen molar-refractivity contribution < 1.29 is 0 Å². The van der Waals surface area contributed by atoms with Crippen LogP contribution in [0.4, 0.5) is 5.69 Å². The van der Waals surface area contributed by atoms with Crippen LogP contribution in [0.1, 0.15) is 30.9 Å². The van der Waals surface area contributed by atoms with E-state index in [4.69, 9.17) is 0 Å². The summed E-state index contributed by atoms with van der Waals surface area (Å²) in [7, 11) is 0. The Balaban J connectivity index is 1.73. The van der Waals surface area contributed by atoms with Crippen LogP contribution in [0.15, 0.2) is 36.9 Å². The molecule has 3 heteroatoms. The van der Waals surface area contributed by atoms with Gasteiger partial charge < -0.3 is 10.2 Å². The van der Waals surface area contributed by atoms with E-state index in [0.717, 1.165) is 32.6 Å². The molecule has 3 rings (SSSR count). The van der Waals surface area contributed by atoms with Gasteiger partial charge in [0.25, 0.3) is 0 Å². The predicted octanol–water partition coefficient (Wildman–Crippen LogP) is 2.81. The van der Waals surface area contributed by atoms with Crippen molar-refractivity contribution in [2.45, 2.75) is 25.3 Å². The van der Waals surface area contributed by atoms with Crippen molar-refractivity contribution in [1.82, 2.24) is 10.2 Å². The van der Waals surface area contributed by atoms with Crippen molar-refractivity contribution in [3.8, 4) is 0 Å². The third kappa shape index (κ3) is 3.47. The number of nitrogens with one attached hydrogen (secondary N) is 1. The van der Waals surface area contributed by atoms with Gasteiger partial charge in [0.2, 0.25) is 0 Å². The summed E-state index contributed by atoms with van der Waals surface area (Å²) < 4.78 is 0. The highest BCUT2D eigenvalue weighted by Gasteiger charge is 2.21. The fourth-order valence-electron chi connectivity index (χ4n) is 3.53. The van der Waals surface area contributed by atoms with Crippen LogP contribution in [0, 0.1) is 0 Å². The summed E-state index contributed by atoms with van der Waals surface area (Å²) in [5.41, 5.74) is 2.81. The van der Waals surface area contributed by atoms with E-state index in [9.17, 15) is 0 Å². The van der Waals surface area contributed by atoms with Crippen LogP contribution in [-0.4, -0.2) is 44.2 Å². The van der Waals surface area contributed by atoms with E-state index in [2.05, 4.69) is 52.0 Å². The Morgan fingerprint density at radius 3 is 2.33 bits per heavy atom. The highest BCUT2D eigenvalue weighted by molar-refractivity contribution is 5.48. The molecule has 1 N–H and O–H groups in total. The zero-order chi connectivity index (χ0) is 14.5. The van der Waals surface area contributed by atoms with E-state index in [-0.39, 0.29) is 0 Å². The molecule has 2 heterocycles. The fourth-order valence-corrected chi connectivity index (χ4v) is 3.53. The van der Waals surface area contributed by atoms with E-state index >= 15 is 0 Å². The molecular weight excluding hydrogens is 258 g/mol. The zero-order valence-electron chi connectivity index (χ0n) is 12.9. The average Bonchev–Trinajstić information content (AvgIpc) is 3.08. The van der Waals surface area contributed by atoms with Crippen LogP contribution in [0.3, 0.4) is 0 Å². The fraction of sp³-hybridized carbons (Fsp3) is 0.556. The lowest BCUT2D eigenvalue weighted by Gasteiger charge is -2.35. The first-order valence-electron chi connectivity index (χ1n) is 8.29. The molecule has 1 aromatic rings. The standard InChI is InChI=1S/C18H27N3/c1-2-5-18(21-14-10-19-11-15-21)16-6-8-17(9-7-16)20-12-3-4-13-20/h2,6-9,18-19H,1,3-5,10-15H2/t18-/m0/s1. The monoisotopic (exact) mass is 285 g/mol. The smallest absolute Gasteiger partial charge is 0.0383 e. The summed E-state index contributed by atoms with van der Waals surface area (Å²) in [5, 5.41) is 3.44. The van der Waals surface area contributed by atoms with E-state index in [1.807, 2.05) is 0 Å². The highest BCUT2D eigenvalue weighted by atomic mass is 15.2. The summed E-state index contributed by atoms with van der Waals surface area (Å²) in [4.78, 5) is 5.08. The van der Waals surface area contributed by atoms with Crippen molar-refractivity contribution in [3.05, 3.63) is 42.5 Å². The molecule has 2 saturated heterocycles. The second-order valence-corrected chi connectivity index (χ2v) is 6.11. The molecule has 0 aromatic heterocycles. The molecule has 0 unspecified atom stereocenters. The molecule has 2 aliphatic heterocycles. The zero-order valence-corrected chi connectivity index (χ0v) is 12.9. The van der Waals surface area contributed by atoms with Gasteiger partial charge in [0.1, 0.15) is 0 Å². The van der Waals surface area contributed by atoms with Gasteiger partial charge in [0.05, 0.1) is 0 Å². The van der Waals surface area contributed by atoms with Gasteiger partial charge in [0.15, 0.2) is 0 Å². The van der Waals surface area contributed by atoms with Crippen molar-refractivity contribution >= 4 is 5.69 Å². The normalized spacial score (nSPS) is 21.4. The molecule has 0 aliphatic carbocycles. The van der Waals surface area contributed by atoms with E-state index in [1.54, 1.807) is 0 Å². The Bertz CT molecular complexity index is 442. The largest absolute Gasteiger partial charge is 0.372 e. The molecule has 0 spiro atoms. The van der Waals surface area contributed by atoms with Gasteiger partial charge in [-0.2, -0.15) is 0 Å². The summed E-state index contributed by atoms with van der Waals surface area (Å²) in [6.45, 7) is 10.8. The molecule has 2 aliphatic rings. The van der Waals surface area contributed by atoms with Gasteiger partial charge in [-0.25, -0.2) is 0 Å². The van der Waals surface area contributed by atoms with Gasteiger partial charge >= 0.3 is 0 Å². The second-order valence-electron chi connectivity index (χ2n) is 6.11. The van der Waals surface area contributed by atoms with E-state index in [0.29, 0.717) is 6.04 Å². The first-order valence-corrected chi connectivity index (χ1v) is 8.29. The Morgan fingerprint density at radius 2 is 1.71 bits per heavy atom. The quantitative estimate of drug-likeness (QED) is 0.839.